The second kappa shape index (κ2) is 6.90. The quantitative estimate of drug-likeness (QED) is 0.493. The summed E-state index contributed by atoms with van der Waals surface area (Å²) in [5, 5.41) is 0. The van der Waals surface area contributed by atoms with Crippen molar-refractivity contribution in [1.82, 2.24) is 10.3 Å². The molecule has 0 unspecified atom stereocenters. The third kappa shape index (κ3) is 3.41. The number of furan rings is 1. The van der Waals surface area contributed by atoms with Crippen LogP contribution >= 0.6 is 0 Å². The van der Waals surface area contributed by atoms with Gasteiger partial charge in [-0.05, 0) is 32.4 Å². The number of carbonyl (C=O) groups excluding carboxylic acids is 1. The van der Waals surface area contributed by atoms with Crippen molar-refractivity contribution in [2.75, 3.05) is 6.54 Å². The maximum Gasteiger partial charge on any atom is 0.268 e. The number of hydrogen-bond acceptors (Lipinski definition) is 4. The average Bonchev–Trinajstić information content (AvgIpc) is 2.85. The van der Waals surface area contributed by atoms with Gasteiger partial charge in [0, 0.05) is 6.04 Å². The van der Waals surface area contributed by atoms with Crippen LogP contribution in [-0.2, 0) is 6.54 Å². The van der Waals surface area contributed by atoms with Gasteiger partial charge in [-0.2, -0.15) is 0 Å². The summed E-state index contributed by atoms with van der Waals surface area (Å²) in [6.07, 6.45) is 6.53. The molecule has 5 nitrogen and oxygen atoms in total. The molecule has 2 rings (SSSR count). The van der Waals surface area contributed by atoms with Crippen LogP contribution in [0, 0.1) is 6.92 Å². The largest absolute Gasteiger partial charge is 0.464 e. The summed E-state index contributed by atoms with van der Waals surface area (Å²) in [6, 6.07) is 2.45. The van der Waals surface area contributed by atoms with Gasteiger partial charge < -0.3 is 4.42 Å². The van der Waals surface area contributed by atoms with Crippen LogP contribution in [0.5, 0.6) is 0 Å². The molecule has 5 heteroatoms. The summed E-state index contributed by atoms with van der Waals surface area (Å²) in [7, 11) is 0. The monoisotopic (exact) mass is 279 g/mol. The van der Waals surface area contributed by atoms with Crippen LogP contribution < -0.4 is 11.3 Å². The topological polar surface area (TPSA) is 71.5 Å². The number of carbonyl (C=O) groups is 1. The highest BCUT2D eigenvalue weighted by atomic mass is 16.3. The summed E-state index contributed by atoms with van der Waals surface area (Å²) in [5.74, 6) is 6.35. The lowest BCUT2D eigenvalue weighted by Gasteiger charge is -2.32. The lowest BCUT2D eigenvalue weighted by Crippen LogP contribution is -2.36. The molecule has 112 valence electrons. The second-order valence-corrected chi connectivity index (χ2v) is 5.51. The Kier molecular flexibility index (Phi) is 5.20. The van der Waals surface area contributed by atoms with E-state index in [1.807, 2.05) is 6.07 Å². The number of hydrazine groups is 1. The Balaban J connectivity index is 2.05. The fraction of sp³-hybridized carbons (Fsp3) is 0.667. The number of nitrogen functional groups attached to an aromatic ring is 1. The first kappa shape index (κ1) is 15.1. The molecule has 1 fully saturated rings. The molecule has 0 bridgehead atoms. The van der Waals surface area contributed by atoms with E-state index >= 15 is 0 Å². The molecule has 3 N–H and O–H groups in total. The van der Waals surface area contributed by atoms with Gasteiger partial charge in [0.15, 0.2) is 0 Å². The molecule has 1 amide bonds. The Morgan fingerprint density at radius 3 is 2.75 bits per heavy atom. The van der Waals surface area contributed by atoms with E-state index in [-0.39, 0.29) is 5.91 Å². The van der Waals surface area contributed by atoms with E-state index in [0.29, 0.717) is 17.4 Å². The fourth-order valence-electron chi connectivity index (χ4n) is 3.07. The molecule has 0 saturated heterocycles. The van der Waals surface area contributed by atoms with Crippen molar-refractivity contribution in [2.45, 2.75) is 58.5 Å². The molecule has 0 spiro atoms. The summed E-state index contributed by atoms with van der Waals surface area (Å²) in [6.45, 7) is 5.74. The standard InChI is InChI=1S/C15H25N3O2/c1-3-18(12-7-5-4-6-8-12)10-13-9-14(11(2)20-13)15(19)17-16/h9,12H,3-8,10,16H2,1-2H3,(H,17,19). The Labute approximate surface area is 120 Å². The van der Waals surface area contributed by atoms with Gasteiger partial charge in [0.1, 0.15) is 11.5 Å². The summed E-state index contributed by atoms with van der Waals surface area (Å²) in [4.78, 5) is 14.0. The average molecular weight is 279 g/mol. The lowest BCUT2D eigenvalue weighted by atomic mass is 9.94. The Hall–Kier alpha value is -1.33. The second-order valence-electron chi connectivity index (χ2n) is 5.51. The van der Waals surface area contributed by atoms with Gasteiger partial charge >= 0.3 is 0 Å². The third-order valence-corrected chi connectivity index (χ3v) is 4.20. The molecular formula is C15H25N3O2. The van der Waals surface area contributed by atoms with E-state index in [0.717, 1.165) is 18.8 Å². The number of amides is 1. The zero-order chi connectivity index (χ0) is 14.5. The first-order valence-corrected chi connectivity index (χ1v) is 7.50. The molecule has 1 aromatic heterocycles. The zero-order valence-corrected chi connectivity index (χ0v) is 12.4. The molecule has 1 aliphatic carbocycles. The molecule has 1 saturated carbocycles. The van der Waals surface area contributed by atoms with Crippen molar-refractivity contribution in [1.29, 1.82) is 0 Å². The van der Waals surface area contributed by atoms with Crippen LogP contribution in [-0.4, -0.2) is 23.4 Å². The van der Waals surface area contributed by atoms with Gasteiger partial charge in [-0.15, -0.1) is 0 Å². The minimum Gasteiger partial charge on any atom is -0.464 e. The number of rotatable bonds is 5. The van der Waals surface area contributed by atoms with Crippen LogP contribution in [0.15, 0.2) is 10.5 Å². The van der Waals surface area contributed by atoms with Crippen LogP contribution in [0.3, 0.4) is 0 Å². The number of nitrogens with zero attached hydrogens (tertiary/aromatic N) is 1. The van der Waals surface area contributed by atoms with E-state index in [1.54, 1.807) is 6.92 Å². The van der Waals surface area contributed by atoms with Crippen molar-refractivity contribution >= 4 is 5.91 Å². The molecule has 0 atom stereocenters. The summed E-state index contributed by atoms with van der Waals surface area (Å²) in [5.41, 5.74) is 2.68. The lowest BCUT2D eigenvalue weighted by molar-refractivity contribution is 0.0952. The molecule has 0 aromatic carbocycles. The minimum atomic E-state index is -0.293. The van der Waals surface area contributed by atoms with Crippen LogP contribution in [0.25, 0.3) is 0 Å². The summed E-state index contributed by atoms with van der Waals surface area (Å²) >= 11 is 0. The highest BCUT2D eigenvalue weighted by Crippen LogP contribution is 2.25. The van der Waals surface area contributed by atoms with Crippen molar-refractivity contribution in [3.63, 3.8) is 0 Å². The Bertz CT molecular complexity index is 450. The summed E-state index contributed by atoms with van der Waals surface area (Å²) < 4.78 is 5.70. The Morgan fingerprint density at radius 1 is 1.45 bits per heavy atom. The van der Waals surface area contributed by atoms with Gasteiger partial charge in [0.25, 0.3) is 5.91 Å². The van der Waals surface area contributed by atoms with E-state index in [1.165, 1.54) is 32.1 Å². The number of aryl methyl sites for hydroxylation is 1. The molecule has 1 heterocycles. The highest BCUT2D eigenvalue weighted by Gasteiger charge is 2.22. The maximum atomic E-state index is 11.6. The van der Waals surface area contributed by atoms with Crippen molar-refractivity contribution in [3.05, 3.63) is 23.2 Å². The number of nitrogens with one attached hydrogen (secondary N) is 1. The third-order valence-electron chi connectivity index (χ3n) is 4.20. The zero-order valence-electron chi connectivity index (χ0n) is 12.4. The smallest absolute Gasteiger partial charge is 0.268 e. The molecule has 20 heavy (non-hydrogen) atoms. The van der Waals surface area contributed by atoms with Gasteiger partial charge in [0.05, 0.1) is 12.1 Å². The molecule has 1 aromatic rings. The van der Waals surface area contributed by atoms with E-state index in [2.05, 4.69) is 17.2 Å². The Morgan fingerprint density at radius 2 is 2.15 bits per heavy atom. The van der Waals surface area contributed by atoms with Crippen molar-refractivity contribution < 1.29 is 9.21 Å². The molecule has 1 aliphatic rings. The predicted molar refractivity (Wildman–Crippen MR) is 78.1 cm³/mol. The predicted octanol–water partition coefficient (Wildman–Crippen LogP) is 2.35. The van der Waals surface area contributed by atoms with Gasteiger partial charge in [0.2, 0.25) is 0 Å². The van der Waals surface area contributed by atoms with Gasteiger partial charge in [-0.3, -0.25) is 15.1 Å². The van der Waals surface area contributed by atoms with Gasteiger partial charge in [-0.25, -0.2) is 5.84 Å². The number of nitrogens with two attached hydrogens (primary N) is 1. The SMILES string of the molecule is CCN(Cc1cc(C(=O)NN)c(C)o1)C1CCCCC1. The highest BCUT2D eigenvalue weighted by molar-refractivity contribution is 5.94. The van der Waals surface area contributed by atoms with Crippen molar-refractivity contribution in [3.8, 4) is 0 Å². The van der Waals surface area contributed by atoms with E-state index in [9.17, 15) is 4.79 Å². The minimum absolute atomic E-state index is 0.293. The molecule has 0 radical (unpaired) electrons. The molecule has 0 aliphatic heterocycles. The maximum absolute atomic E-state index is 11.6. The van der Waals surface area contributed by atoms with Gasteiger partial charge in [-0.1, -0.05) is 26.2 Å². The van der Waals surface area contributed by atoms with E-state index in [4.69, 9.17) is 10.3 Å². The first-order chi connectivity index (χ1) is 9.65. The van der Waals surface area contributed by atoms with Crippen LogP contribution in [0.2, 0.25) is 0 Å². The van der Waals surface area contributed by atoms with Crippen LogP contribution in [0.1, 0.15) is 60.9 Å². The van der Waals surface area contributed by atoms with E-state index < -0.39 is 0 Å². The van der Waals surface area contributed by atoms with Crippen molar-refractivity contribution in [2.24, 2.45) is 5.84 Å². The normalized spacial score (nSPS) is 16.6. The molecular weight excluding hydrogens is 254 g/mol. The number of hydrogen-bond donors (Lipinski definition) is 2. The fourth-order valence-corrected chi connectivity index (χ4v) is 3.07. The first-order valence-electron chi connectivity index (χ1n) is 7.50. The van der Waals surface area contributed by atoms with Crippen LogP contribution in [0.4, 0.5) is 0 Å².